The van der Waals surface area contributed by atoms with Gasteiger partial charge in [-0.15, -0.1) is 0 Å². The van der Waals surface area contributed by atoms with E-state index < -0.39 is 11.9 Å². The van der Waals surface area contributed by atoms with Gasteiger partial charge < -0.3 is 15.2 Å². The second-order valence-corrected chi connectivity index (χ2v) is 2.65. The number of aliphatic carboxylic acids is 1. The first-order valence-corrected chi connectivity index (χ1v) is 4.20. The summed E-state index contributed by atoms with van der Waals surface area (Å²) in [5.41, 5.74) is 0.509. The Hall–Kier alpha value is -1.78. The van der Waals surface area contributed by atoms with Crippen LogP contribution in [0, 0.1) is 0 Å². The molecular formula is C9H11NO4. The van der Waals surface area contributed by atoms with Gasteiger partial charge in [-0.25, -0.2) is 9.59 Å². The number of rotatable bonds is 3. The molecule has 1 heterocycles. The van der Waals surface area contributed by atoms with Gasteiger partial charge in [0.25, 0.3) is 0 Å². The molecule has 0 aromatic rings. The molecule has 0 amide bonds. The summed E-state index contributed by atoms with van der Waals surface area (Å²) in [6, 6.07) is 0. The Kier molecular flexibility index (Phi) is 3.28. The van der Waals surface area contributed by atoms with Crippen LogP contribution in [0.15, 0.2) is 23.4 Å². The van der Waals surface area contributed by atoms with Gasteiger partial charge in [-0.05, 0) is 19.1 Å². The second-order valence-electron chi connectivity index (χ2n) is 2.65. The molecule has 0 fully saturated rings. The molecule has 1 aliphatic heterocycles. The molecule has 14 heavy (non-hydrogen) atoms. The molecule has 0 saturated heterocycles. The lowest BCUT2D eigenvalue weighted by atomic mass is 10.1. The van der Waals surface area contributed by atoms with Crippen LogP contribution in [0.1, 0.15) is 6.92 Å². The SMILES string of the molecule is CCOC(=O)C1=CC=C(C(=O)O)NC1. The number of ether oxygens (including phenoxy) is 1. The summed E-state index contributed by atoms with van der Waals surface area (Å²) in [5, 5.41) is 11.2. The van der Waals surface area contributed by atoms with Crippen LogP contribution in [0.3, 0.4) is 0 Å². The number of allylic oxidation sites excluding steroid dienone is 2. The third-order valence-electron chi connectivity index (χ3n) is 1.69. The van der Waals surface area contributed by atoms with Crippen molar-refractivity contribution >= 4 is 11.9 Å². The molecule has 5 heteroatoms. The summed E-state index contributed by atoms with van der Waals surface area (Å²) in [6.07, 6.45) is 2.80. The zero-order valence-electron chi connectivity index (χ0n) is 7.74. The zero-order chi connectivity index (χ0) is 10.6. The number of hydrogen-bond donors (Lipinski definition) is 2. The number of nitrogens with one attached hydrogen (secondary N) is 1. The van der Waals surface area contributed by atoms with Crippen LogP contribution in [0.5, 0.6) is 0 Å². The quantitative estimate of drug-likeness (QED) is 0.625. The van der Waals surface area contributed by atoms with E-state index in [1.54, 1.807) is 6.92 Å². The van der Waals surface area contributed by atoms with E-state index in [1.165, 1.54) is 12.2 Å². The molecule has 0 aliphatic carbocycles. The molecule has 0 spiro atoms. The van der Waals surface area contributed by atoms with Gasteiger partial charge in [-0.2, -0.15) is 0 Å². The van der Waals surface area contributed by atoms with E-state index in [1.807, 2.05) is 0 Å². The van der Waals surface area contributed by atoms with Crippen molar-refractivity contribution in [3.63, 3.8) is 0 Å². The van der Waals surface area contributed by atoms with Crippen molar-refractivity contribution in [2.24, 2.45) is 0 Å². The minimum Gasteiger partial charge on any atom is -0.477 e. The first-order valence-electron chi connectivity index (χ1n) is 4.20. The normalized spacial score (nSPS) is 14.9. The molecule has 0 radical (unpaired) electrons. The lowest BCUT2D eigenvalue weighted by Gasteiger charge is -2.13. The van der Waals surface area contributed by atoms with Crippen molar-refractivity contribution in [1.82, 2.24) is 5.32 Å². The zero-order valence-corrected chi connectivity index (χ0v) is 7.74. The summed E-state index contributed by atoms with van der Waals surface area (Å²) in [4.78, 5) is 21.6. The van der Waals surface area contributed by atoms with Gasteiger partial charge in [0.05, 0.1) is 12.2 Å². The molecule has 2 N–H and O–H groups in total. The second kappa shape index (κ2) is 4.45. The van der Waals surface area contributed by atoms with Gasteiger partial charge in [-0.3, -0.25) is 0 Å². The fourth-order valence-corrected chi connectivity index (χ4v) is 1.00. The highest BCUT2D eigenvalue weighted by molar-refractivity contribution is 5.92. The third-order valence-corrected chi connectivity index (χ3v) is 1.69. The summed E-state index contributed by atoms with van der Waals surface area (Å²) >= 11 is 0. The van der Waals surface area contributed by atoms with Crippen LogP contribution in [-0.4, -0.2) is 30.2 Å². The van der Waals surface area contributed by atoms with E-state index in [9.17, 15) is 9.59 Å². The molecule has 1 rings (SSSR count). The molecule has 0 atom stereocenters. The smallest absolute Gasteiger partial charge is 0.351 e. The average Bonchev–Trinajstić information content (AvgIpc) is 2.18. The largest absolute Gasteiger partial charge is 0.477 e. The molecule has 0 unspecified atom stereocenters. The Morgan fingerprint density at radius 2 is 2.29 bits per heavy atom. The maximum atomic E-state index is 11.2. The predicted octanol–water partition coefficient (Wildman–Crippen LogP) is 0.0476. The molecular weight excluding hydrogens is 186 g/mol. The molecule has 0 aromatic heterocycles. The Morgan fingerprint density at radius 1 is 1.57 bits per heavy atom. The van der Waals surface area contributed by atoms with Gasteiger partial charge >= 0.3 is 11.9 Å². The standard InChI is InChI=1S/C9H11NO4/c1-2-14-9(13)6-3-4-7(8(11)12)10-5-6/h3-4,10H,2,5H2,1H3,(H,11,12). The number of carbonyl (C=O) groups excluding carboxylic acids is 1. The van der Waals surface area contributed by atoms with Crippen LogP contribution < -0.4 is 5.32 Å². The first-order chi connectivity index (χ1) is 6.65. The van der Waals surface area contributed by atoms with Gasteiger partial charge in [0, 0.05) is 6.54 Å². The van der Waals surface area contributed by atoms with Gasteiger partial charge in [0.1, 0.15) is 5.70 Å². The fourth-order valence-electron chi connectivity index (χ4n) is 1.00. The molecule has 1 aliphatic rings. The lowest BCUT2D eigenvalue weighted by molar-refractivity contribution is -0.139. The molecule has 0 bridgehead atoms. The summed E-state index contributed by atoms with van der Waals surface area (Å²) in [5.74, 6) is -1.45. The molecule has 0 saturated carbocycles. The topological polar surface area (TPSA) is 75.6 Å². The monoisotopic (exact) mass is 197 g/mol. The van der Waals surface area contributed by atoms with Crippen molar-refractivity contribution in [3.8, 4) is 0 Å². The first kappa shape index (κ1) is 10.3. The van der Waals surface area contributed by atoms with Crippen LogP contribution >= 0.6 is 0 Å². The number of dihydropyridines is 1. The van der Waals surface area contributed by atoms with Crippen LogP contribution in [0.4, 0.5) is 0 Å². The molecule has 5 nitrogen and oxygen atoms in total. The fraction of sp³-hybridized carbons (Fsp3) is 0.333. The van der Waals surface area contributed by atoms with Crippen molar-refractivity contribution < 1.29 is 19.4 Å². The number of esters is 1. The number of carboxylic acid groups (broad SMARTS) is 1. The minimum absolute atomic E-state index is 0.0815. The van der Waals surface area contributed by atoms with Crippen LogP contribution in [0.2, 0.25) is 0 Å². The minimum atomic E-state index is -1.04. The highest BCUT2D eigenvalue weighted by Crippen LogP contribution is 2.05. The Balaban J connectivity index is 2.68. The van der Waals surface area contributed by atoms with Crippen molar-refractivity contribution in [2.75, 3.05) is 13.2 Å². The maximum absolute atomic E-state index is 11.2. The van der Waals surface area contributed by atoms with E-state index in [0.29, 0.717) is 12.2 Å². The molecule has 0 aromatic carbocycles. The van der Waals surface area contributed by atoms with Gasteiger partial charge in [-0.1, -0.05) is 0 Å². The Bertz CT molecular complexity index is 317. The van der Waals surface area contributed by atoms with E-state index >= 15 is 0 Å². The summed E-state index contributed by atoms with van der Waals surface area (Å²) in [6.45, 7) is 2.22. The molecule has 76 valence electrons. The van der Waals surface area contributed by atoms with E-state index in [4.69, 9.17) is 9.84 Å². The predicted molar refractivity (Wildman–Crippen MR) is 48.4 cm³/mol. The van der Waals surface area contributed by atoms with Crippen molar-refractivity contribution in [1.29, 1.82) is 0 Å². The van der Waals surface area contributed by atoms with E-state index in [2.05, 4.69) is 5.32 Å². The van der Waals surface area contributed by atoms with Crippen LogP contribution in [0.25, 0.3) is 0 Å². The summed E-state index contributed by atoms with van der Waals surface area (Å²) in [7, 11) is 0. The maximum Gasteiger partial charge on any atom is 0.351 e. The van der Waals surface area contributed by atoms with Crippen LogP contribution in [-0.2, 0) is 14.3 Å². The average molecular weight is 197 g/mol. The Labute approximate surface area is 81.1 Å². The van der Waals surface area contributed by atoms with E-state index in [-0.39, 0.29) is 12.2 Å². The lowest BCUT2D eigenvalue weighted by Crippen LogP contribution is -2.28. The van der Waals surface area contributed by atoms with E-state index in [0.717, 1.165) is 0 Å². The summed E-state index contributed by atoms with van der Waals surface area (Å²) < 4.78 is 4.75. The van der Waals surface area contributed by atoms with Crippen molar-refractivity contribution in [2.45, 2.75) is 6.92 Å². The number of hydrogen-bond acceptors (Lipinski definition) is 4. The highest BCUT2D eigenvalue weighted by Gasteiger charge is 2.16. The highest BCUT2D eigenvalue weighted by atomic mass is 16.5. The Morgan fingerprint density at radius 3 is 2.71 bits per heavy atom. The van der Waals surface area contributed by atoms with Gasteiger partial charge in [0.15, 0.2) is 0 Å². The number of carboxylic acids is 1. The van der Waals surface area contributed by atoms with Crippen molar-refractivity contribution in [3.05, 3.63) is 23.4 Å². The van der Waals surface area contributed by atoms with Gasteiger partial charge in [0.2, 0.25) is 0 Å². The third kappa shape index (κ3) is 2.35. The number of carbonyl (C=O) groups is 2.